The van der Waals surface area contributed by atoms with E-state index in [0.717, 1.165) is 18.9 Å². The lowest BCUT2D eigenvalue weighted by molar-refractivity contribution is -0.164. The van der Waals surface area contributed by atoms with Gasteiger partial charge < -0.3 is 9.64 Å². The van der Waals surface area contributed by atoms with E-state index in [0.29, 0.717) is 19.7 Å². The van der Waals surface area contributed by atoms with E-state index in [1.54, 1.807) is 0 Å². The molecule has 1 aromatic carbocycles. The van der Waals surface area contributed by atoms with Gasteiger partial charge in [0, 0.05) is 24.5 Å². The van der Waals surface area contributed by atoms with Gasteiger partial charge in [-0.2, -0.15) is 4.31 Å². The maximum absolute atomic E-state index is 13.8. The van der Waals surface area contributed by atoms with Crippen molar-refractivity contribution in [1.29, 1.82) is 0 Å². The van der Waals surface area contributed by atoms with Crippen molar-refractivity contribution >= 4 is 15.9 Å². The maximum atomic E-state index is 13.8. The van der Waals surface area contributed by atoms with E-state index in [2.05, 4.69) is 0 Å². The summed E-state index contributed by atoms with van der Waals surface area (Å²) in [5.74, 6) is -0.712. The van der Waals surface area contributed by atoms with Gasteiger partial charge in [0.25, 0.3) is 0 Å². The summed E-state index contributed by atoms with van der Waals surface area (Å²) in [4.78, 5) is 13.7. The molecule has 6 nitrogen and oxygen atoms in total. The van der Waals surface area contributed by atoms with E-state index >= 15 is 0 Å². The highest BCUT2D eigenvalue weighted by Gasteiger charge is 2.58. The average molecular weight is 368 g/mol. The fourth-order valence-corrected chi connectivity index (χ4v) is 6.07. The average Bonchev–Trinajstić information content (AvgIpc) is 2.47. The van der Waals surface area contributed by atoms with Crippen LogP contribution in [-0.2, 0) is 19.6 Å². The number of carbonyl (C=O) groups excluding carboxylic acids is 1. The fraction of sp³-hybridized carbons (Fsp3) is 0.588. The predicted octanol–water partition coefficient (Wildman–Crippen LogP) is 1.23. The van der Waals surface area contributed by atoms with E-state index in [9.17, 15) is 17.6 Å². The summed E-state index contributed by atoms with van der Waals surface area (Å²) < 4.78 is 45.5. The Balaban J connectivity index is 1.40. The standard InChI is InChI=1S/C17H21FN2O4S/c1-12-8-24-9-16(21)20(12)13-6-17(7-13)10-19(11-17)25(22,23)15-5-3-2-4-14(15)18/h2-5,12-13H,6-11H2,1H3/t12-/m1/s1. The molecule has 3 fully saturated rings. The maximum Gasteiger partial charge on any atom is 0.249 e. The van der Waals surface area contributed by atoms with Crippen LogP contribution in [0.4, 0.5) is 4.39 Å². The number of amides is 1. The van der Waals surface area contributed by atoms with Crippen molar-refractivity contribution in [2.24, 2.45) is 5.41 Å². The molecular weight excluding hydrogens is 347 g/mol. The molecule has 1 spiro atoms. The van der Waals surface area contributed by atoms with Crippen LogP contribution < -0.4 is 0 Å². The number of rotatable bonds is 3. The lowest BCUT2D eigenvalue weighted by Gasteiger charge is -2.61. The molecule has 1 saturated carbocycles. The van der Waals surface area contributed by atoms with E-state index in [-0.39, 0.29) is 34.9 Å². The van der Waals surface area contributed by atoms with Crippen LogP contribution in [0.1, 0.15) is 19.8 Å². The number of ether oxygens (including phenoxy) is 1. The third-order valence-corrected chi connectivity index (χ3v) is 7.38. The number of sulfonamides is 1. The largest absolute Gasteiger partial charge is 0.370 e. The molecule has 1 amide bonds. The van der Waals surface area contributed by atoms with Crippen LogP contribution >= 0.6 is 0 Å². The number of morpholine rings is 1. The quantitative estimate of drug-likeness (QED) is 0.805. The molecule has 2 saturated heterocycles. The SMILES string of the molecule is C[C@@H]1COCC(=O)N1C1CC2(C1)CN(S(=O)(=O)c1ccccc1F)C2. The summed E-state index contributed by atoms with van der Waals surface area (Å²) in [5, 5.41) is 0. The molecule has 4 rings (SSSR count). The number of benzene rings is 1. The molecule has 136 valence electrons. The Bertz CT molecular complexity index is 799. The van der Waals surface area contributed by atoms with Crippen molar-refractivity contribution in [2.75, 3.05) is 26.3 Å². The Morgan fingerprint density at radius 1 is 1.24 bits per heavy atom. The number of halogens is 1. The first-order valence-electron chi connectivity index (χ1n) is 8.46. The van der Waals surface area contributed by atoms with Crippen molar-refractivity contribution in [2.45, 2.75) is 36.7 Å². The van der Waals surface area contributed by atoms with Gasteiger partial charge in [0.1, 0.15) is 17.3 Å². The van der Waals surface area contributed by atoms with Crippen molar-refractivity contribution in [3.05, 3.63) is 30.1 Å². The molecule has 1 aliphatic carbocycles. The number of hydrogen-bond donors (Lipinski definition) is 0. The second-order valence-electron chi connectivity index (χ2n) is 7.43. The second-order valence-corrected chi connectivity index (χ2v) is 9.34. The molecule has 25 heavy (non-hydrogen) atoms. The van der Waals surface area contributed by atoms with Crippen LogP contribution in [0.15, 0.2) is 29.2 Å². The lowest BCUT2D eigenvalue weighted by Crippen LogP contribution is -2.69. The molecule has 2 aliphatic heterocycles. The van der Waals surface area contributed by atoms with Crippen molar-refractivity contribution in [3.8, 4) is 0 Å². The minimum absolute atomic E-state index is 0.00811. The normalized spacial score (nSPS) is 27.2. The summed E-state index contributed by atoms with van der Waals surface area (Å²) in [5.41, 5.74) is -0.0682. The van der Waals surface area contributed by atoms with Crippen molar-refractivity contribution in [3.63, 3.8) is 0 Å². The van der Waals surface area contributed by atoms with E-state index in [1.807, 2.05) is 11.8 Å². The van der Waals surface area contributed by atoms with Crippen LogP contribution in [0.2, 0.25) is 0 Å². The fourth-order valence-electron chi connectivity index (χ4n) is 4.34. The van der Waals surface area contributed by atoms with Crippen LogP contribution in [0, 0.1) is 11.2 Å². The molecule has 0 unspecified atom stereocenters. The molecular formula is C17H21FN2O4S. The van der Waals surface area contributed by atoms with Gasteiger partial charge in [0.15, 0.2) is 0 Å². The lowest BCUT2D eigenvalue weighted by atomic mass is 9.61. The molecule has 3 aliphatic rings. The highest BCUT2D eigenvalue weighted by Crippen LogP contribution is 2.52. The minimum atomic E-state index is -3.79. The third-order valence-electron chi connectivity index (χ3n) is 5.56. The first-order valence-corrected chi connectivity index (χ1v) is 9.90. The first-order chi connectivity index (χ1) is 11.8. The topological polar surface area (TPSA) is 66.9 Å². The van der Waals surface area contributed by atoms with Crippen molar-refractivity contribution < 1.29 is 22.3 Å². The number of hydrogen-bond acceptors (Lipinski definition) is 4. The Morgan fingerprint density at radius 3 is 2.56 bits per heavy atom. The van der Waals surface area contributed by atoms with Gasteiger partial charge in [-0.1, -0.05) is 12.1 Å². The van der Waals surface area contributed by atoms with Gasteiger partial charge in [0.2, 0.25) is 15.9 Å². The van der Waals surface area contributed by atoms with E-state index in [1.165, 1.54) is 22.5 Å². The minimum Gasteiger partial charge on any atom is -0.370 e. The van der Waals surface area contributed by atoms with Gasteiger partial charge >= 0.3 is 0 Å². The first kappa shape index (κ1) is 16.9. The highest BCUT2D eigenvalue weighted by atomic mass is 32.2. The van der Waals surface area contributed by atoms with Crippen LogP contribution in [0.3, 0.4) is 0 Å². The summed E-state index contributed by atoms with van der Waals surface area (Å²) in [6, 6.07) is 5.67. The molecule has 0 radical (unpaired) electrons. The van der Waals surface area contributed by atoms with Gasteiger partial charge in [-0.25, -0.2) is 12.8 Å². The Morgan fingerprint density at radius 2 is 1.92 bits per heavy atom. The molecule has 0 aromatic heterocycles. The smallest absolute Gasteiger partial charge is 0.249 e. The summed E-state index contributed by atoms with van der Waals surface area (Å²) in [7, 11) is -3.79. The Labute approximate surface area is 146 Å². The molecule has 1 atom stereocenters. The van der Waals surface area contributed by atoms with Crippen molar-refractivity contribution in [1.82, 2.24) is 9.21 Å². The van der Waals surface area contributed by atoms with E-state index in [4.69, 9.17) is 4.74 Å². The molecule has 1 aromatic rings. The summed E-state index contributed by atoms with van der Waals surface area (Å²) >= 11 is 0. The predicted molar refractivity (Wildman–Crippen MR) is 87.7 cm³/mol. The monoisotopic (exact) mass is 368 g/mol. The summed E-state index contributed by atoms with van der Waals surface area (Å²) in [6.07, 6.45) is 1.60. The summed E-state index contributed by atoms with van der Waals surface area (Å²) in [6.45, 7) is 3.43. The zero-order chi connectivity index (χ0) is 17.8. The zero-order valence-electron chi connectivity index (χ0n) is 14.0. The Hall–Kier alpha value is -1.51. The van der Waals surface area contributed by atoms with Crippen LogP contribution in [0.5, 0.6) is 0 Å². The van der Waals surface area contributed by atoms with Gasteiger partial charge in [-0.05, 0) is 31.9 Å². The third kappa shape index (κ3) is 2.67. The molecule has 0 bridgehead atoms. The van der Waals surface area contributed by atoms with E-state index < -0.39 is 15.8 Å². The van der Waals surface area contributed by atoms with Crippen LogP contribution in [0.25, 0.3) is 0 Å². The highest BCUT2D eigenvalue weighted by molar-refractivity contribution is 7.89. The van der Waals surface area contributed by atoms with Crippen LogP contribution in [-0.4, -0.2) is 61.9 Å². The molecule has 0 N–H and O–H groups in total. The second kappa shape index (κ2) is 5.75. The van der Waals surface area contributed by atoms with Gasteiger partial charge in [-0.15, -0.1) is 0 Å². The number of nitrogens with zero attached hydrogens (tertiary/aromatic N) is 2. The Kier molecular flexibility index (Phi) is 3.90. The molecule has 8 heteroatoms. The van der Waals surface area contributed by atoms with Gasteiger partial charge in [0.05, 0.1) is 12.6 Å². The number of carbonyl (C=O) groups is 1. The molecule has 2 heterocycles. The zero-order valence-corrected chi connectivity index (χ0v) is 14.8. The van der Waals surface area contributed by atoms with Gasteiger partial charge in [-0.3, -0.25) is 4.79 Å².